The number of hydrazine groups is 1. The Hall–Kier alpha value is -1.14. The molecular weight excluding hydrogens is 308 g/mol. The highest BCUT2D eigenvalue weighted by Gasteiger charge is 2.41. The summed E-state index contributed by atoms with van der Waals surface area (Å²) in [5.74, 6) is 5.63. The lowest BCUT2D eigenvalue weighted by molar-refractivity contribution is 0.0944. The zero-order chi connectivity index (χ0) is 13.9. The monoisotopic (exact) mass is 326 g/mol. The first kappa shape index (κ1) is 14.3. The first-order valence-corrected chi connectivity index (χ1v) is 7.30. The molecule has 0 radical (unpaired) electrons. The lowest BCUT2D eigenvalue weighted by Gasteiger charge is -2.15. The standard InChI is InChI=1S/C13H19BrN4O/c1-2-3-13(4-5-13)8-17-12(19)10-6-9(14)7-16-11(10)18-15/h6-7H,2-5,8,15H2,1H3,(H,16,18)(H,17,19). The molecule has 0 bridgehead atoms. The Balaban J connectivity index is 2.02. The molecular formula is C13H19BrN4O. The second-order valence-corrected chi connectivity index (χ2v) is 6.04. The molecule has 0 saturated heterocycles. The van der Waals surface area contributed by atoms with E-state index in [4.69, 9.17) is 5.84 Å². The van der Waals surface area contributed by atoms with Crippen LogP contribution in [0.4, 0.5) is 5.82 Å². The maximum Gasteiger partial charge on any atom is 0.255 e. The number of nitrogen functional groups attached to an aromatic ring is 1. The number of amides is 1. The minimum absolute atomic E-state index is 0.135. The van der Waals surface area contributed by atoms with Crippen LogP contribution in [0.15, 0.2) is 16.7 Å². The number of nitrogens with two attached hydrogens (primary N) is 1. The maximum absolute atomic E-state index is 12.2. The fourth-order valence-corrected chi connectivity index (χ4v) is 2.64. The molecule has 4 N–H and O–H groups in total. The highest BCUT2D eigenvalue weighted by atomic mass is 79.9. The summed E-state index contributed by atoms with van der Waals surface area (Å²) in [5, 5.41) is 2.99. The molecule has 19 heavy (non-hydrogen) atoms. The van der Waals surface area contributed by atoms with E-state index in [9.17, 15) is 4.79 Å². The number of pyridine rings is 1. The number of halogens is 1. The first-order valence-electron chi connectivity index (χ1n) is 6.50. The highest BCUT2D eigenvalue weighted by molar-refractivity contribution is 9.10. The number of anilines is 1. The Morgan fingerprint density at radius 2 is 2.32 bits per heavy atom. The van der Waals surface area contributed by atoms with Crippen molar-refractivity contribution in [3.8, 4) is 0 Å². The van der Waals surface area contributed by atoms with E-state index in [-0.39, 0.29) is 5.91 Å². The van der Waals surface area contributed by atoms with E-state index in [2.05, 4.69) is 38.6 Å². The van der Waals surface area contributed by atoms with Crippen molar-refractivity contribution in [3.63, 3.8) is 0 Å². The van der Waals surface area contributed by atoms with Crippen LogP contribution in [0, 0.1) is 5.41 Å². The van der Waals surface area contributed by atoms with Crippen LogP contribution >= 0.6 is 15.9 Å². The summed E-state index contributed by atoms with van der Waals surface area (Å²) in [5.41, 5.74) is 3.24. The van der Waals surface area contributed by atoms with Gasteiger partial charge >= 0.3 is 0 Å². The van der Waals surface area contributed by atoms with Crippen molar-refractivity contribution in [1.29, 1.82) is 0 Å². The van der Waals surface area contributed by atoms with Crippen LogP contribution in [0.3, 0.4) is 0 Å². The molecule has 0 atom stereocenters. The fraction of sp³-hybridized carbons (Fsp3) is 0.538. The summed E-state index contributed by atoms with van der Waals surface area (Å²) in [6.45, 7) is 2.91. The van der Waals surface area contributed by atoms with Gasteiger partial charge < -0.3 is 10.7 Å². The van der Waals surface area contributed by atoms with Crippen LogP contribution in [0.25, 0.3) is 0 Å². The van der Waals surface area contributed by atoms with E-state index in [1.807, 2.05) is 0 Å². The predicted molar refractivity (Wildman–Crippen MR) is 78.7 cm³/mol. The third-order valence-electron chi connectivity index (χ3n) is 3.60. The van der Waals surface area contributed by atoms with E-state index in [0.717, 1.165) is 17.4 Å². The summed E-state index contributed by atoms with van der Waals surface area (Å²) in [4.78, 5) is 16.3. The van der Waals surface area contributed by atoms with Crippen molar-refractivity contribution >= 4 is 27.7 Å². The zero-order valence-corrected chi connectivity index (χ0v) is 12.6. The molecule has 1 saturated carbocycles. The van der Waals surface area contributed by atoms with Crippen molar-refractivity contribution < 1.29 is 4.79 Å². The van der Waals surface area contributed by atoms with E-state index in [0.29, 0.717) is 16.8 Å². The van der Waals surface area contributed by atoms with Gasteiger partial charge in [-0.05, 0) is 46.7 Å². The van der Waals surface area contributed by atoms with Gasteiger partial charge in [-0.15, -0.1) is 0 Å². The molecule has 1 aliphatic rings. The molecule has 1 aromatic rings. The third kappa shape index (κ3) is 3.45. The van der Waals surface area contributed by atoms with Gasteiger partial charge in [0.2, 0.25) is 0 Å². The molecule has 1 aromatic heterocycles. The molecule has 0 aromatic carbocycles. The SMILES string of the molecule is CCCC1(CNC(=O)c2cc(Br)cnc2NN)CC1. The molecule has 1 fully saturated rings. The molecule has 1 amide bonds. The van der Waals surface area contributed by atoms with Gasteiger partial charge in [0, 0.05) is 17.2 Å². The first-order chi connectivity index (χ1) is 9.10. The maximum atomic E-state index is 12.2. The number of aromatic nitrogens is 1. The quantitative estimate of drug-likeness (QED) is 0.554. The molecule has 2 rings (SSSR count). The van der Waals surface area contributed by atoms with Crippen LogP contribution in [0.1, 0.15) is 43.0 Å². The fourth-order valence-electron chi connectivity index (χ4n) is 2.31. The summed E-state index contributed by atoms with van der Waals surface area (Å²) < 4.78 is 0.756. The molecule has 1 heterocycles. The average molecular weight is 327 g/mol. The van der Waals surface area contributed by atoms with Crippen molar-refractivity contribution in [2.75, 3.05) is 12.0 Å². The summed E-state index contributed by atoms with van der Waals surface area (Å²) in [6, 6.07) is 1.72. The zero-order valence-electron chi connectivity index (χ0n) is 11.0. The highest BCUT2D eigenvalue weighted by Crippen LogP contribution is 2.48. The second kappa shape index (κ2) is 5.88. The van der Waals surface area contributed by atoms with Gasteiger partial charge in [-0.25, -0.2) is 10.8 Å². The topological polar surface area (TPSA) is 80.0 Å². The third-order valence-corrected chi connectivity index (χ3v) is 4.03. The van der Waals surface area contributed by atoms with Gasteiger partial charge in [0.15, 0.2) is 5.82 Å². The van der Waals surface area contributed by atoms with Gasteiger partial charge in [-0.2, -0.15) is 0 Å². The Bertz CT molecular complexity index is 474. The molecule has 5 nitrogen and oxygen atoms in total. The largest absolute Gasteiger partial charge is 0.351 e. The van der Waals surface area contributed by atoms with Crippen LogP contribution in [-0.4, -0.2) is 17.4 Å². The number of nitrogens with zero attached hydrogens (tertiary/aromatic N) is 1. The molecule has 0 unspecified atom stereocenters. The van der Waals surface area contributed by atoms with E-state index >= 15 is 0 Å². The summed E-state index contributed by atoms with van der Waals surface area (Å²) >= 11 is 3.31. The molecule has 0 aliphatic heterocycles. The minimum Gasteiger partial charge on any atom is -0.351 e. The van der Waals surface area contributed by atoms with Crippen molar-refractivity contribution in [3.05, 3.63) is 22.3 Å². The van der Waals surface area contributed by atoms with Gasteiger partial charge in [-0.3, -0.25) is 4.79 Å². The molecule has 104 valence electrons. The Labute approximate surface area is 121 Å². The smallest absolute Gasteiger partial charge is 0.255 e. The van der Waals surface area contributed by atoms with Crippen LogP contribution in [0.5, 0.6) is 0 Å². The molecule has 0 spiro atoms. The lowest BCUT2D eigenvalue weighted by atomic mass is 10.0. The summed E-state index contributed by atoms with van der Waals surface area (Å²) in [7, 11) is 0. The average Bonchev–Trinajstić information content (AvgIpc) is 3.17. The van der Waals surface area contributed by atoms with Gasteiger partial charge in [0.1, 0.15) is 0 Å². The Kier molecular flexibility index (Phi) is 4.42. The number of hydrogen-bond donors (Lipinski definition) is 3. The summed E-state index contributed by atoms with van der Waals surface area (Å²) in [6.07, 6.45) is 6.35. The minimum atomic E-state index is -0.135. The van der Waals surface area contributed by atoms with Crippen molar-refractivity contribution in [1.82, 2.24) is 10.3 Å². The van der Waals surface area contributed by atoms with Crippen LogP contribution < -0.4 is 16.6 Å². The van der Waals surface area contributed by atoms with Crippen molar-refractivity contribution in [2.24, 2.45) is 11.3 Å². The van der Waals surface area contributed by atoms with E-state index in [1.165, 1.54) is 19.3 Å². The van der Waals surface area contributed by atoms with E-state index in [1.54, 1.807) is 12.3 Å². The number of rotatable bonds is 6. The lowest BCUT2D eigenvalue weighted by Crippen LogP contribution is -2.31. The van der Waals surface area contributed by atoms with E-state index < -0.39 is 0 Å². The number of carbonyl (C=O) groups is 1. The van der Waals surface area contributed by atoms with Gasteiger partial charge in [0.25, 0.3) is 5.91 Å². The number of carbonyl (C=O) groups excluding carboxylic acids is 1. The predicted octanol–water partition coefficient (Wildman–Crippen LogP) is 2.44. The van der Waals surface area contributed by atoms with Gasteiger partial charge in [-0.1, -0.05) is 13.3 Å². The van der Waals surface area contributed by atoms with Gasteiger partial charge in [0.05, 0.1) is 5.56 Å². The second-order valence-electron chi connectivity index (χ2n) is 5.13. The number of nitrogens with one attached hydrogen (secondary N) is 2. The van der Waals surface area contributed by atoms with Crippen LogP contribution in [-0.2, 0) is 0 Å². The Morgan fingerprint density at radius 3 is 2.89 bits per heavy atom. The van der Waals surface area contributed by atoms with Crippen molar-refractivity contribution in [2.45, 2.75) is 32.6 Å². The molecule has 1 aliphatic carbocycles. The number of hydrogen-bond acceptors (Lipinski definition) is 4. The Morgan fingerprint density at radius 1 is 1.58 bits per heavy atom. The molecule has 6 heteroatoms. The normalized spacial score (nSPS) is 15.9. The van der Waals surface area contributed by atoms with Crippen LogP contribution in [0.2, 0.25) is 0 Å².